The predicted octanol–water partition coefficient (Wildman–Crippen LogP) is 0.733. The molecule has 0 rings (SSSR count). The van der Waals surface area contributed by atoms with E-state index in [0.717, 1.165) is 5.06 Å². The lowest BCUT2D eigenvalue weighted by Gasteiger charge is -2.19. The Morgan fingerprint density at radius 2 is 1.79 bits per heavy atom. The molecular formula is C4H13NO7P2. The molecule has 0 bridgehead atoms. The molecule has 0 fully saturated rings. The molecule has 8 nitrogen and oxygen atoms in total. The Labute approximate surface area is 81.6 Å². The Hall–Kier alpha value is 0.220. The van der Waals surface area contributed by atoms with Gasteiger partial charge in [0.15, 0.2) is 0 Å². The lowest BCUT2D eigenvalue weighted by molar-refractivity contribution is -0.0401. The van der Waals surface area contributed by atoms with Crippen LogP contribution in [0.2, 0.25) is 0 Å². The Morgan fingerprint density at radius 1 is 1.29 bits per heavy atom. The van der Waals surface area contributed by atoms with Crippen LogP contribution >= 0.6 is 15.6 Å². The number of nitrogens with zero attached hydrogens (tertiary/aromatic N) is 1. The molecular weight excluding hydrogens is 236 g/mol. The lowest BCUT2D eigenvalue weighted by atomic mass is 10.9. The van der Waals surface area contributed by atoms with Crippen LogP contribution in [0.1, 0.15) is 6.92 Å². The van der Waals surface area contributed by atoms with E-state index in [1.807, 2.05) is 0 Å². The fourth-order valence-corrected chi connectivity index (χ4v) is 2.66. The average Bonchev–Trinajstić information content (AvgIpc) is 1.78. The van der Waals surface area contributed by atoms with Gasteiger partial charge in [-0.25, -0.2) is 9.13 Å². The Bertz CT molecular complexity index is 260. The summed E-state index contributed by atoms with van der Waals surface area (Å²) < 4.78 is 34.8. The predicted molar refractivity (Wildman–Crippen MR) is 47.1 cm³/mol. The average molecular weight is 249 g/mol. The number of rotatable bonds is 6. The third-order valence-electron chi connectivity index (χ3n) is 0.757. The van der Waals surface area contributed by atoms with E-state index in [9.17, 15) is 9.13 Å². The van der Waals surface area contributed by atoms with Crippen LogP contribution in [0.25, 0.3) is 0 Å². The smallest absolute Gasteiger partial charge is 0.302 e. The maximum atomic E-state index is 11.4. The molecule has 0 amide bonds. The maximum Gasteiger partial charge on any atom is 0.500 e. The Morgan fingerprint density at radius 3 is 2.07 bits per heavy atom. The van der Waals surface area contributed by atoms with Crippen LogP contribution < -0.4 is 0 Å². The fourth-order valence-electron chi connectivity index (χ4n) is 0.550. The van der Waals surface area contributed by atoms with Crippen LogP contribution in [0.3, 0.4) is 0 Å². The van der Waals surface area contributed by atoms with Crippen LogP contribution in [0.15, 0.2) is 0 Å². The van der Waals surface area contributed by atoms with Crippen molar-refractivity contribution in [2.24, 2.45) is 0 Å². The van der Waals surface area contributed by atoms with Gasteiger partial charge in [-0.15, -0.1) is 0 Å². The van der Waals surface area contributed by atoms with E-state index in [2.05, 4.69) is 13.5 Å². The van der Waals surface area contributed by atoms with Gasteiger partial charge < -0.3 is 9.79 Å². The quantitative estimate of drug-likeness (QED) is 0.524. The van der Waals surface area contributed by atoms with Gasteiger partial charge in [-0.3, -0.25) is 4.52 Å². The molecule has 0 aliphatic rings. The normalized spacial score (nSPS) is 17.0. The molecule has 1 atom stereocenters. The van der Waals surface area contributed by atoms with E-state index >= 15 is 0 Å². The highest BCUT2D eigenvalue weighted by Gasteiger charge is 2.36. The first kappa shape index (κ1) is 14.2. The van der Waals surface area contributed by atoms with E-state index in [1.54, 1.807) is 0 Å². The molecule has 0 saturated heterocycles. The Kier molecular flexibility index (Phi) is 5.43. The highest BCUT2D eigenvalue weighted by Crippen LogP contribution is 2.61. The summed E-state index contributed by atoms with van der Waals surface area (Å²) in [7, 11) is -6.41. The summed E-state index contributed by atoms with van der Waals surface area (Å²) in [4.78, 5) is 16.9. The van der Waals surface area contributed by atoms with Crippen molar-refractivity contribution in [3.8, 4) is 0 Å². The summed E-state index contributed by atoms with van der Waals surface area (Å²) in [5.41, 5.74) is 0. The zero-order chi connectivity index (χ0) is 11.4. The second-order valence-electron chi connectivity index (χ2n) is 2.33. The standard InChI is InChI=1S/C4H13NO7P2/c1-4-10-14(9,11-5(2)3)12-13(6,7)8/h4H2,1-3H3,(H2,6,7,8). The molecule has 0 saturated carbocycles. The van der Waals surface area contributed by atoms with Crippen LogP contribution in [-0.2, 0) is 22.6 Å². The second-order valence-corrected chi connectivity index (χ2v) is 5.28. The highest BCUT2D eigenvalue weighted by molar-refractivity contribution is 7.61. The van der Waals surface area contributed by atoms with E-state index < -0.39 is 15.6 Å². The van der Waals surface area contributed by atoms with E-state index in [0.29, 0.717) is 0 Å². The van der Waals surface area contributed by atoms with Gasteiger partial charge in [0.1, 0.15) is 0 Å². The van der Waals surface area contributed by atoms with Crippen molar-refractivity contribution in [1.29, 1.82) is 0 Å². The molecule has 86 valence electrons. The largest absolute Gasteiger partial charge is 0.500 e. The van der Waals surface area contributed by atoms with Crippen molar-refractivity contribution in [1.82, 2.24) is 5.06 Å². The third kappa shape index (κ3) is 6.64. The monoisotopic (exact) mass is 249 g/mol. The summed E-state index contributed by atoms with van der Waals surface area (Å²) in [6, 6.07) is 0. The van der Waals surface area contributed by atoms with Crippen LogP contribution in [-0.4, -0.2) is 35.6 Å². The molecule has 0 heterocycles. The van der Waals surface area contributed by atoms with Gasteiger partial charge in [0.2, 0.25) is 0 Å². The Balaban J connectivity index is 4.56. The molecule has 14 heavy (non-hydrogen) atoms. The van der Waals surface area contributed by atoms with Gasteiger partial charge in [-0.1, -0.05) is 0 Å². The minimum Gasteiger partial charge on any atom is -0.302 e. The topological polar surface area (TPSA) is 106 Å². The van der Waals surface area contributed by atoms with E-state index in [4.69, 9.17) is 9.79 Å². The SMILES string of the molecule is CCOP(=O)(ON(C)C)OP(=O)(O)O. The third-order valence-corrected chi connectivity index (χ3v) is 3.51. The number of phosphoric acid groups is 2. The lowest BCUT2D eigenvalue weighted by Crippen LogP contribution is -2.12. The van der Waals surface area contributed by atoms with Gasteiger partial charge in [0, 0.05) is 14.1 Å². The minimum absolute atomic E-state index is 0.0644. The molecule has 1 unspecified atom stereocenters. The molecule has 0 spiro atoms. The second kappa shape index (κ2) is 5.34. The minimum atomic E-state index is -4.91. The summed E-state index contributed by atoms with van der Waals surface area (Å²) in [5.74, 6) is 0. The first-order chi connectivity index (χ1) is 6.18. The number of hydrogen-bond acceptors (Lipinski definition) is 6. The van der Waals surface area contributed by atoms with Gasteiger partial charge in [0.05, 0.1) is 6.61 Å². The van der Waals surface area contributed by atoms with Gasteiger partial charge in [-0.2, -0.15) is 14.0 Å². The summed E-state index contributed by atoms with van der Waals surface area (Å²) in [5, 5.41) is 0.964. The molecule has 2 N–H and O–H groups in total. The van der Waals surface area contributed by atoms with Crippen LogP contribution in [0.5, 0.6) is 0 Å². The van der Waals surface area contributed by atoms with Crippen LogP contribution in [0, 0.1) is 0 Å². The summed E-state index contributed by atoms with van der Waals surface area (Å²) in [6.07, 6.45) is 0. The molecule has 0 aliphatic heterocycles. The number of hydrogen-bond donors (Lipinski definition) is 2. The van der Waals surface area contributed by atoms with Crippen molar-refractivity contribution in [2.75, 3.05) is 20.7 Å². The fraction of sp³-hybridized carbons (Fsp3) is 1.00. The molecule has 0 aliphatic carbocycles. The van der Waals surface area contributed by atoms with Crippen molar-refractivity contribution in [2.45, 2.75) is 6.92 Å². The first-order valence-electron chi connectivity index (χ1n) is 3.57. The molecule has 0 aromatic heterocycles. The zero-order valence-electron chi connectivity index (χ0n) is 7.98. The number of hydroxylamine groups is 2. The van der Waals surface area contributed by atoms with Gasteiger partial charge in [-0.05, 0) is 6.92 Å². The van der Waals surface area contributed by atoms with E-state index in [1.165, 1.54) is 21.0 Å². The van der Waals surface area contributed by atoms with Crippen LogP contribution in [0.4, 0.5) is 0 Å². The van der Waals surface area contributed by atoms with Crippen molar-refractivity contribution in [3.05, 3.63) is 0 Å². The van der Waals surface area contributed by atoms with Crippen molar-refractivity contribution in [3.63, 3.8) is 0 Å². The summed E-state index contributed by atoms with van der Waals surface area (Å²) >= 11 is 0. The van der Waals surface area contributed by atoms with Gasteiger partial charge in [0.25, 0.3) is 0 Å². The molecule has 0 radical (unpaired) electrons. The maximum absolute atomic E-state index is 11.4. The molecule has 0 aromatic carbocycles. The molecule has 0 aromatic rings. The van der Waals surface area contributed by atoms with Crippen molar-refractivity contribution >= 4 is 15.6 Å². The summed E-state index contributed by atoms with van der Waals surface area (Å²) in [6.45, 7) is 1.42. The first-order valence-corrected chi connectivity index (χ1v) is 6.56. The molecule has 10 heteroatoms. The van der Waals surface area contributed by atoms with Crippen molar-refractivity contribution < 1.29 is 32.4 Å². The van der Waals surface area contributed by atoms with Gasteiger partial charge >= 0.3 is 15.6 Å². The highest BCUT2D eigenvalue weighted by atomic mass is 31.3. The van der Waals surface area contributed by atoms with E-state index in [-0.39, 0.29) is 6.61 Å². The zero-order valence-corrected chi connectivity index (χ0v) is 9.77.